The highest BCUT2D eigenvalue weighted by Crippen LogP contribution is 2.24. The topological polar surface area (TPSA) is 92.3 Å². The Morgan fingerprint density at radius 1 is 0.800 bits per heavy atom. The fourth-order valence-electron chi connectivity index (χ4n) is 2.47. The van der Waals surface area contributed by atoms with Crippen LogP contribution < -0.4 is 10.6 Å². The van der Waals surface area contributed by atoms with E-state index in [1.807, 2.05) is 0 Å². The van der Waals surface area contributed by atoms with Gasteiger partial charge in [0.2, 0.25) is 0 Å². The smallest absolute Gasteiger partial charge is 0.168 e. The summed E-state index contributed by atoms with van der Waals surface area (Å²) in [4.78, 5) is 0. The summed E-state index contributed by atoms with van der Waals surface area (Å²) in [6.07, 6.45) is 1.01. The lowest BCUT2D eigenvalue weighted by Crippen LogP contribution is -2.43. The van der Waals surface area contributed by atoms with E-state index in [1.54, 1.807) is 0 Å². The summed E-state index contributed by atoms with van der Waals surface area (Å²) < 4.78 is 44.1. The first-order chi connectivity index (χ1) is 9.24. The Morgan fingerprint density at radius 3 is 1.40 bits per heavy atom. The summed E-state index contributed by atoms with van der Waals surface area (Å²) in [5, 5.41) is 6.16. The van der Waals surface area contributed by atoms with Gasteiger partial charge >= 0.3 is 0 Å². The van der Waals surface area contributed by atoms with Crippen molar-refractivity contribution in [3.8, 4) is 0 Å². The highest BCUT2D eigenvalue weighted by Gasteiger charge is 2.39. The summed E-state index contributed by atoms with van der Waals surface area (Å²) in [5.74, 6) is 0.216. The second kappa shape index (κ2) is 6.26. The lowest BCUT2D eigenvalue weighted by Gasteiger charge is -2.18. The van der Waals surface area contributed by atoms with E-state index < -0.39 is 29.1 Å². The van der Waals surface area contributed by atoms with Gasteiger partial charge < -0.3 is 10.6 Å². The Labute approximate surface area is 129 Å². The molecule has 0 aromatic heterocycles. The third-order valence-electron chi connectivity index (χ3n) is 3.68. The van der Waals surface area contributed by atoms with E-state index in [0.29, 0.717) is 25.9 Å². The molecule has 10 heteroatoms. The number of sulfone groups is 2. The lowest BCUT2D eigenvalue weighted by atomic mass is 10.2. The van der Waals surface area contributed by atoms with E-state index in [0.717, 1.165) is 0 Å². The van der Waals surface area contributed by atoms with Crippen LogP contribution in [-0.4, -0.2) is 62.9 Å². The van der Waals surface area contributed by atoms with Crippen LogP contribution in [-0.2, 0) is 19.7 Å². The van der Waals surface area contributed by atoms with E-state index in [9.17, 15) is 16.8 Å². The zero-order valence-electron chi connectivity index (χ0n) is 10.8. The number of halogens is 2. The highest BCUT2D eigenvalue weighted by atomic mass is 35.5. The average molecular weight is 365 g/mol. The molecule has 2 aliphatic heterocycles. The Balaban J connectivity index is 1.71. The van der Waals surface area contributed by atoms with Gasteiger partial charge in [-0.15, -0.1) is 23.2 Å². The van der Waals surface area contributed by atoms with Crippen LogP contribution in [0.4, 0.5) is 0 Å². The van der Waals surface area contributed by atoms with Gasteiger partial charge in [-0.05, 0) is 12.8 Å². The van der Waals surface area contributed by atoms with Gasteiger partial charge in [-0.3, -0.25) is 0 Å². The molecule has 118 valence electrons. The van der Waals surface area contributed by atoms with E-state index >= 15 is 0 Å². The molecule has 2 N–H and O–H groups in total. The maximum atomic E-state index is 11.5. The number of hydrogen-bond donors (Lipinski definition) is 2. The first-order valence-corrected chi connectivity index (χ1v) is 10.7. The van der Waals surface area contributed by atoms with Crippen molar-refractivity contribution in [1.82, 2.24) is 10.6 Å². The molecular formula is C10H18Cl2N2O4S2. The van der Waals surface area contributed by atoms with Crippen molar-refractivity contribution in [3.05, 3.63) is 0 Å². The zero-order chi connectivity index (χ0) is 15.0. The predicted octanol–water partition coefficient (Wildman–Crippen LogP) is -0.330. The Morgan fingerprint density at radius 2 is 1.15 bits per heavy atom. The molecule has 2 aliphatic rings. The van der Waals surface area contributed by atoms with Crippen LogP contribution in [0, 0.1) is 0 Å². The molecule has 0 radical (unpaired) electrons. The van der Waals surface area contributed by atoms with E-state index in [2.05, 4.69) is 10.6 Å². The first-order valence-electron chi connectivity index (χ1n) is 6.42. The predicted molar refractivity (Wildman–Crippen MR) is 79.7 cm³/mol. The molecule has 6 nitrogen and oxygen atoms in total. The summed E-state index contributed by atoms with van der Waals surface area (Å²) >= 11 is 11.7. The van der Waals surface area contributed by atoms with Crippen molar-refractivity contribution in [2.45, 2.75) is 34.3 Å². The van der Waals surface area contributed by atoms with Crippen LogP contribution in [0.5, 0.6) is 0 Å². The minimum Gasteiger partial charge on any atom is -0.310 e. The van der Waals surface area contributed by atoms with Gasteiger partial charge in [0.15, 0.2) is 29.1 Å². The molecular weight excluding hydrogens is 347 g/mol. The normalized spacial score (nSPS) is 39.1. The second-order valence-corrected chi connectivity index (χ2v) is 11.1. The van der Waals surface area contributed by atoms with Gasteiger partial charge in [0.1, 0.15) is 0 Å². The fraction of sp³-hybridized carbons (Fsp3) is 1.00. The first kappa shape index (κ1) is 16.8. The summed E-state index contributed by atoms with van der Waals surface area (Å²) in [7, 11) is -6.34. The molecule has 0 aliphatic carbocycles. The van der Waals surface area contributed by atoms with Crippen LogP contribution in [0.3, 0.4) is 0 Å². The third-order valence-corrected chi connectivity index (χ3v) is 9.56. The lowest BCUT2D eigenvalue weighted by molar-refractivity contribution is 0.485. The van der Waals surface area contributed by atoms with Gasteiger partial charge in [-0.1, -0.05) is 0 Å². The van der Waals surface area contributed by atoms with Gasteiger partial charge in [0.25, 0.3) is 0 Å². The highest BCUT2D eigenvalue weighted by molar-refractivity contribution is 7.93. The molecule has 0 aromatic rings. The van der Waals surface area contributed by atoms with Crippen LogP contribution in [0.1, 0.15) is 12.8 Å². The minimum absolute atomic E-state index is 0.108. The number of alkyl halides is 2. The molecule has 0 aromatic carbocycles. The van der Waals surface area contributed by atoms with Crippen molar-refractivity contribution in [3.63, 3.8) is 0 Å². The number of nitrogens with one attached hydrogen (secondary N) is 2. The van der Waals surface area contributed by atoms with Gasteiger partial charge in [-0.2, -0.15) is 0 Å². The maximum Gasteiger partial charge on any atom is 0.168 e. The van der Waals surface area contributed by atoms with Crippen LogP contribution >= 0.6 is 23.2 Å². The second-order valence-electron chi connectivity index (χ2n) is 5.13. The summed E-state index contributed by atoms with van der Waals surface area (Å²) in [5.41, 5.74) is 0. The van der Waals surface area contributed by atoms with E-state index in [1.165, 1.54) is 0 Å². The Bertz CT molecular complexity index is 502. The maximum absolute atomic E-state index is 11.5. The summed E-state index contributed by atoms with van der Waals surface area (Å²) in [6.45, 7) is 1.03. The van der Waals surface area contributed by atoms with Crippen molar-refractivity contribution in [2.24, 2.45) is 0 Å². The standard InChI is InChI=1S/C10H18Cl2N2O4S2/c11-9-7(1-5-19(9,15)16)13-3-4-14-8-2-6-20(17,18)10(8)12/h7-10,13-14H,1-6H2. The molecule has 0 bridgehead atoms. The Hall–Kier alpha value is 0.400. The molecule has 0 amide bonds. The largest absolute Gasteiger partial charge is 0.310 e. The van der Waals surface area contributed by atoms with Gasteiger partial charge in [-0.25, -0.2) is 16.8 Å². The number of rotatable bonds is 5. The molecule has 20 heavy (non-hydrogen) atoms. The van der Waals surface area contributed by atoms with Crippen molar-refractivity contribution in [2.75, 3.05) is 24.6 Å². The van der Waals surface area contributed by atoms with Crippen LogP contribution in [0.15, 0.2) is 0 Å². The zero-order valence-corrected chi connectivity index (χ0v) is 13.9. The molecule has 4 unspecified atom stereocenters. The molecule has 0 spiro atoms. The minimum atomic E-state index is -3.17. The van der Waals surface area contributed by atoms with Gasteiger partial charge in [0, 0.05) is 25.2 Å². The van der Waals surface area contributed by atoms with E-state index in [4.69, 9.17) is 23.2 Å². The average Bonchev–Trinajstić information content (AvgIpc) is 2.77. The quantitative estimate of drug-likeness (QED) is 0.512. The van der Waals surface area contributed by atoms with Crippen molar-refractivity contribution < 1.29 is 16.8 Å². The molecule has 0 saturated carbocycles. The monoisotopic (exact) mass is 364 g/mol. The van der Waals surface area contributed by atoms with Crippen LogP contribution in [0.2, 0.25) is 0 Å². The number of hydrogen-bond acceptors (Lipinski definition) is 6. The van der Waals surface area contributed by atoms with Gasteiger partial charge in [0.05, 0.1) is 11.5 Å². The third kappa shape index (κ3) is 3.59. The van der Waals surface area contributed by atoms with Crippen LogP contribution in [0.25, 0.3) is 0 Å². The molecule has 2 fully saturated rings. The fourth-order valence-corrected chi connectivity index (χ4v) is 6.52. The molecule has 2 saturated heterocycles. The Kier molecular flexibility index (Phi) is 5.24. The van der Waals surface area contributed by atoms with Crippen molar-refractivity contribution in [1.29, 1.82) is 0 Å². The molecule has 2 heterocycles. The molecule has 4 atom stereocenters. The summed E-state index contributed by atoms with van der Waals surface area (Å²) in [6, 6.07) is -0.495. The van der Waals surface area contributed by atoms with E-state index in [-0.39, 0.29) is 23.6 Å². The van der Waals surface area contributed by atoms with Crippen molar-refractivity contribution >= 4 is 42.9 Å². The SMILES string of the molecule is O=S1(=O)CCC(NCCNC2CCS(=O)(=O)C2Cl)C1Cl. The molecule has 2 rings (SSSR count).